The summed E-state index contributed by atoms with van der Waals surface area (Å²) in [6.07, 6.45) is 3.39. The van der Waals surface area contributed by atoms with Gasteiger partial charge in [-0.2, -0.15) is 0 Å². The van der Waals surface area contributed by atoms with E-state index in [1.165, 1.54) is 5.56 Å². The number of anilines is 2. The van der Waals surface area contributed by atoms with Crippen molar-refractivity contribution >= 4 is 28.3 Å². The zero-order valence-corrected chi connectivity index (χ0v) is 15.5. The van der Waals surface area contributed by atoms with Gasteiger partial charge in [-0.15, -0.1) is 0 Å². The molecule has 2 aromatic heterocycles. The van der Waals surface area contributed by atoms with Crippen molar-refractivity contribution in [3.05, 3.63) is 95.8 Å². The Balaban J connectivity index is 1.50. The molecule has 2 heterocycles. The Hall–Kier alpha value is -3.73. The van der Waals surface area contributed by atoms with Crippen molar-refractivity contribution < 1.29 is 4.79 Å². The van der Waals surface area contributed by atoms with Crippen molar-refractivity contribution in [2.75, 3.05) is 5.32 Å². The largest absolute Gasteiger partial charge is 0.348 e. The maximum atomic E-state index is 12.5. The van der Waals surface area contributed by atoms with Gasteiger partial charge in [0.15, 0.2) is 0 Å². The zero-order valence-electron chi connectivity index (χ0n) is 15.5. The van der Waals surface area contributed by atoms with E-state index in [0.717, 1.165) is 22.2 Å². The van der Waals surface area contributed by atoms with E-state index in [9.17, 15) is 4.79 Å². The van der Waals surface area contributed by atoms with E-state index < -0.39 is 0 Å². The molecule has 138 valence electrons. The quantitative estimate of drug-likeness (QED) is 0.540. The van der Waals surface area contributed by atoms with Crippen LogP contribution in [0.25, 0.3) is 10.9 Å². The van der Waals surface area contributed by atoms with Crippen molar-refractivity contribution in [2.45, 2.75) is 13.5 Å². The molecule has 5 nitrogen and oxygen atoms in total. The van der Waals surface area contributed by atoms with E-state index >= 15 is 0 Å². The van der Waals surface area contributed by atoms with E-state index in [-0.39, 0.29) is 5.91 Å². The van der Waals surface area contributed by atoms with Gasteiger partial charge in [0.25, 0.3) is 5.91 Å². The minimum Gasteiger partial charge on any atom is -0.348 e. The van der Waals surface area contributed by atoms with Gasteiger partial charge in [-0.3, -0.25) is 9.78 Å². The van der Waals surface area contributed by atoms with Crippen LogP contribution in [0.1, 0.15) is 21.5 Å². The molecule has 0 bridgehead atoms. The lowest BCUT2D eigenvalue weighted by atomic mass is 10.1. The van der Waals surface area contributed by atoms with Crippen molar-refractivity contribution in [3.63, 3.8) is 0 Å². The highest BCUT2D eigenvalue weighted by Gasteiger charge is 2.08. The molecule has 0 fully saturated rings. The third-order valence-corrected chi connectivity index (χ3v) is 4.45. The lowest BCUT2D eigenvalue weighted by Crippen LogP contribution is -2.23. The second kappa shape index (κ2) is 7.88. The van der Waals surface area contributed by atoms with Gasteiger partial charge in [-0.25, -0.2) is 4.98 Å². The summed E-state index contributed by atoms with van der Waals surface area (Å²) >= 11 is 0. The van der Waals surface area contributed by atoms with E-state index in [1.54, 1.807) is 24.5 Å². The summed E-state index contributed by atoms with van der Waals surface area (Å²) in [5.41, 5.74) is 4.51. The molecule has 0 unspecified atom stereocenters. The number of benzene rings is 2. The first-order chi connectivity index (χ1) is 13.7. The van der Waals surface area contributed by atoms with Gasteiger partial charge >= 0.3 is 0 Å². The number of carbonyl (C=O) groups excluding carboxylic acids is 1. The molecule has 2 aromatic carbocycles. The van der Waals surface area contributed by atoms with Crippen molar-refractivity contribution in [2.24, 2.45) is 0 Å². The number of hydrogen-bond acceptors (Lipinski definition) is 4. The van der Waals surface area contributed by atoms with Crippen LogP contribution >= 0.6 is 0 Å². The number of amides is 1. The minimum atomic E-state index is -0.136. The highest BCUT2D eigenvalue weighted by molar-refractivity contribution is 5.95. The molecule has 0 atom stereocenters. The van der Waals surface area contributed by atoms with Gasteiger partial charge in [-0.1, -0.05) is 48.0 Å². The number of carbonyl (C=O) groups is 1. The van der Waals surface area contributed by atoms with Gasteiger partial charge in [0.2, 0.25) is 0 Å². The summed E-state index contributed by atoms with van der Waals surface area (Å²) in [6, 6.07) is 21.4. The van der Waals surface area contributed by atoms with Crippen LogP contribution in [-0.2, 0) is 6.54 Å². The Kier molecular flexibility index (Phi) is 4.97. The first-order valence-corrected chi connectivity index (χ1v) is 9.09. The van der Waals surface area contributed by atoms with Crippen LogP contribution in [0.3, 0.4) is 0 Å². The standard InChI is InChI=1S/C23H20N4O/c1-16-5-2-6-17(13-16)15-26-23(28)19-10-12-24-21(14-19)27-20-9-3-7-18-8-4-11-25-22(18)20/h2-14H,15H2,1H3,(H,24,27)(H,26,28). The van der Waals surface area contributed by atoms with Gasteiger partial charge < -0.3 is 10.6 Å². The highest BCUT2D eigenvalue weighted by Crippen LogP contribution is 2.24. The average molecular weight is 368 g/mol. The van der Waals surface area contributed by atoms with Gasteiger partial charge in [0.05, 0.1) is 11.2 Å². The molecule has 2 N–H and O–H groups in total. The lowest BCUT2D eigenvalue weighted by molar-refractivity contribution is 0.0951. The van der Waals surface area contributed by atoms with Crippen molar-refractivity contribution in [3.8, 4) is 0 Å². The molecule has 0 aliphatic carbocycles. The fraction of sp³-hybridized carbons (Fsp3) is 0.0870. The maximum Gasteiger partial charge on any atom is 0.251 e. The number of aryl methyl sites for hydroxylation is 1. The maximum absolute atomic E-state index is 12.5. The highest BCUT2D eigenvalue weighted by atomic mass is 16.1. The summed E-state index contributed by atoms with van der Waals surface area (Å²) in [5, 5.41) is 7.27. The second-order valence-electron chi connectivity index (χ2n) is 6.61. The first kappa shape index (κ1) is 17.7. The minimum absolute atomic E-state index is 0.136. The molecular weight excluding hydrogens is 348 g/mol. The molecule has 0 saturated heterocycles. The molecule has 5 heteroatoms. The molecule has 4 rings (SSSR count). The molecule has 0 spiro atoms. The fourth-order valence-corrected chi connectivity index (χ4v) is 3.09. The Morgan fingerprint density at radius 1 is 0.929 bits per heavy atom. The smallest absolute Gasteiger partial charge is 0.251 e. The SMILES string of the molecule is Cc1cccc(CNC(=O)c2ccnc(Nc3cccc4cccnc34)c2)c1. The van der Waals surface area contributed by atoms with Crippen LogP contribution < -0.4 is 10.6 Å². The van der Waals surface area contributed by atoms with Crippen LogP contribution in [0.2, 0.25) is 0 Å². The molecule has 0 aliphatic heterocycles. The number of para-hydroxylation sites is 1. The predicted molar refractivity (Wildman–Crippen MR) is 112 cm³/mol. The Labute approximate surface area is 163 Å². The van der Waals surface area contributed by atoms with Gasteiger partial charge in [-0.05, 0) is 36.8 Å². The van der Waals surface area contributed by atoms with E-state index in [0.29, 0.717) is 17.9 Å². The van der Waals surface area contributed by atoms with Crippen molar-refractivity contribution in [1.82, 2.24) is 15.3 Å². The fourth-order valence-electron chi connectivity index (χ4n) is 3.09. The van der Waals surface area contributed by atoms with E-state index in [4.69, 9.17) is 0 Å². The number of hydrogen-bond donors (Lipinski definition) is 2. The summed E-state index contributed by atoms with van der Waals surface area (Å²) in [6.45, 7) is 2.52. The van der Waals surface area contributed by atoms with Crippen LogP contribution in [0, 0.1) is 6.92 Å². The summed E-state index contributed by atoms with van der Waals surface area (Å²) in [4.78, 5) is 21.3. The van der Waals surface area contributed by atoms with Crippen molar-refractivity contribution in [1.29, 1.82) is 0 Å². The number of rotatable bonds is 5. The van der Waals surface area contributed by atoms with Gasteiger partial charge in [0.1, 0.15) is 5.82 Å². The van der Waals surface area contributed by atoms with Crippen LogP contribution in [-0.4, -0.2) is 15.9 Å². The second-order valence-corrected chi connectivity index (χ2v) is 6.61. The topological polar surface area (TPSA) is 66.9 Å². The number of aromatic nitrogens is 2. The summed E-state index contributed by atoms with van der Waals surface area (Å²) < 4.78 is 0. The summed E-state index contributed by atoms with van der Waals surface area (Å²) in [5.74, 6) is 0.462. The monoisotopic (exact) mass is 368 g/mol. The molecule has 0 aliphatic rings. The zero-order chi connectivity index (χ0) is 19.3. The predicted octanol–water partition coefficient (Wildman–Crippen LogP) is 4.61. The number of fused-ring (bicyclic) bond motifs is 1. The molecule has 0 saturated carbocycles. The molecule has 28 heavy (non-hydrogen) atoms. The third kappa shape index (κ3) is 3.99. The first-order valence-electron chi connectivity index (χ1n) is 9.09. The summed E-state index contributed by atoms with van der Waals surface area (Å²) in [7, 11) is 0. The third-order valence-electron chi connectivity index (χ3n) is 4.45. The lowest BCUT2D eigenvalue weighted by Gasteiger charge is -2.10. The number of nitrogens with one attached hydrogen (secondary N) is 2. The average Bonchev–Trinajstić information content (AvgIpc) is 2.73. The molecular formula is C23H20N4O. The molecule has 0 radical (unpaired) electrons. The Bertz CT molecular complexity index is 1130. The van der Waals surface area contributed by atoms with E-state index in [1.807, 2.05) is 55.5 Å². The van der Waals surface area contributed by atoms with E-state index in [2.05, 4.69) is 26.7 Å². The normalized spacial score (nSPS) is 10.6. The Morgan fingerprint density at radius 2 is 1.79 bits per heavy atom. The molecule has 4 aromatic rings. The Morgan fingerprint density at radius 3 is 2.68 bits per heavy atom. The number of nitrogens with zero attached hydrogens (tertiary/aromatic N) is 2. The van der Waals surface area contributed by atoms with Crippen LogP contribution in [0.4, 0.5) is 11.5 Å². The molecule has 1 amide bonds. The number of pyridine rings is 2. The van der Waals surface area contributed by atoms with Gasteiger partial charge in [0, 0.05) is 29.9 Å². The van der Waals surface area contributed by atoms with Crippen LogP contribution in [0.5, 0.6) is 0 Å². The van der Waals surface area contributed by atoms with Crippen LogP contribution in [0.15, 0.2) is 79.1 Å².